The Kier molecular flexibility index (Phi) is 2.91. The third-order valence-corrected chi connectivity index (χ3v) is 2.96. The Balaban J connectivity index is 2.06. The molecule has 0 spiro atoms. The summed E-state index contributed by atoms with van der Waals surface area (Å²) >= 11 is 1.53. The van der Waals surface area contributed by atoms with Crippen molar-refractivity contribution in [2.75, 3.05) is 5.32 Å². The molecule has 1 unspecified atom stereocenters. The average Bonchev–Trinajstić information content (AvgIpc) is 2.87. The Morgan fingerprint density at radius 1 is 1.62 bits per heavy atom. The number of furan rings is 1. The topological polar surface area (TPSA) is 75.4 Å². The summed E-state index contributed by atoms with van der Waals surface area (Å²) in [4.78, 5) is 14.7. The molecule has 84 valence electrons. The summed E-state index contributed by atoms with van der Waals surface area (Å²) in [6.07, 6.45) is 1.73. The quantitative estimate of drug-likeness (QED) is 0.856. The van der Waals surface area contributed by atoms with Crippen molar-refractivity contribution in [2.45, 2.75) is 13.0 Å². The van der Waals surface area contributed by atoms with E-state index in [-0.39, 0.29) is 11.8 Å². The molecule has 0 bridgehead atoms. The van der Waals surface area contributed by atoms with E-state index in [0.29, 0.717) is 5.88 Å². The van der Waals surface area contributed by atoms with Crippen LogP contribution in [0.3, 0.4) is 0 Å². The van der Waals surface area contributed by atoms with Crippen LogP contribution < -0.4 is 5.32 Å². The van der Waals surface area contributed by atoms with Crippen LogP contribution >= 0.6 is 11.3 Å². The van der Waals surface area contributed by atoms with Crippen LogP contribution in [-0.4, -0.2) is 16.1 Å². The number of thiazole rings is 1. The minimum absolute atomic E-state index is 0.00667. The number of anilines is 1. The summed E-state index contributed by atoms with van der Waals surface area (Å²) in [5, 5.41) is 14.5. The first-order chi connectivity index (χ1) is 7.66. The monoisotopic (exact) mass is 238 g/mol. The molecule has 5 nitrogen and oxygen atoms in total. The number of nitrogens with zero attached hydrogens (tertiary/aromatic N) is 1. The van der Waals surface area contributed by atoms with Gasteiger partial charge in [-0.15, -0.1) is 11.3 Å². The van der Waals surface area contributed by atoms with Gasteiger partial charge in [-0.05, 0) is 13.0 Å². The van der Waals surface area contributed by atoms with Crippen LogP contribution in [0.1, 0.15) is 28.5 Å². The molecule has 2 N–H and O–H groups in total. The molecular formula is C10H10N2O3S. The Hall–Kier alpha value is -1.82. The first-order valence-corrected chi connectivity index (χ1v) is 5.54. The third kappa shape index (κ3) is 2.22. The van der Waals surface area contributed by atoms with Gasteiger partial charge in [-0.3, -0.25) is 0 Å². The van der Waals surface area contributed by atoms with Crippen LogP contribution in [-0.2, 0) is 0 Å². The maximum atomic E-state index is 10.6. The number of carboxylic acids is 1. The Bertz CT molecular complexity index is 478. The molecule has 16 heavy (non-hydrogen) atoms. The number of aromatic carboxylic acids is 1. The molecule has 0 aliphatic carbocycles. The number of carboxylic acid groups (broad SMARTS) is 1. The lowest BCUT2D eigenvalue weighted by Crippen LogP contribution is -2.05. The molecule has 0 aromatic carbocycles. The Morgan fingerprint density at radius 3 is 3.00 bits per heavy atom. The lowest BCUT2D eigenvalue weighted by atomic mass is 10.3. The number of hydrogen-bond acceptors (Lipinski definition) is 5. The summed E-state index contributed by atoms with van der Waals surface area (Å²) in [5.74, 6) is -0.719. The van der Waals surface area contributed by atoms with Crippen LogP contribution in [0.25, 0.3) is 0 Å². The Labute approximate surface area is 95.7 Å². The third-order valence-electron chi connectivity index (χ3n) is 2.00. The van der Waals surface area contributed by atoms with Crippen molar-refractivity contribution < 1.29 is 14.3 Å². The highest BCUT2D eigenvalue weighted by atomic mass is 32.1. The van der Waals surface area contributed by atoms with E-state index in [9.17, 15) is 4.79 Å². The van der Waals surface area contributed by atoms with E-state index in [1.54, 1.807) is 12.3 Å². The van der Waals surface area contributed by atoms with Gasteiger partial charge >= 0.3 is 5.97 Å². The van der Waals surface area contributed by atoms with Crippen molar-refractivity contribution >= 4 is 23.2 Å². The number of carbonyl (C=O) groups is 1. The van der Waals surface area contributed by atoms with Crippen molar-refractivity contribution in [3.63, 3.8) is 0 Å². The van der Waals surface area contributed by atoms with Crippen molar-refractivity contribution in [1.29, 1.82) is 0 Å². The normalized spacial score (nSPS) is 12.3. The molecule has 2 aromatic heterocycles. The van der Waals surface area contributed by atoms with Crippen LogP contribution in [0.5, 0.6) is 0 Å². The molecule has 2 heterocycles. The molecule has 2 rings (SSSR count). The van der Waals surface area contributed by atoms with E-state index in [1.165, 1.54) is 17.4 Å². The molecule has 6 heteroatoms. The summed E-state index contributed by atoms with van der Waals surface area (Å²) in [5.41, 5.74) is 0. The van der Waals surface area contributed by atoms with Crippen LogP contribution in [0.4, 0.5) is 5.88 Å². The molecule has 0 saturated heterocycles. The number of aromatic nitrogens is 1. The van der Waals surface area contributed by atoms with Gasteiger partial charge in [-0.1, -0.05) is 0 Å². The van der Waals surface area contributed by atoms with Crippen LogP contribution in [0, 0.1) is 0 Å². The highest BCUT2D eigenvalue weighted by Gasteiger charge is 2.12. The van der Waals surface area contributed by atoms with Crippen molar-refractivity contribution in [3.05, 3.63) is 34.5 Å². The van der Waals surface area contributed by atoms with Gasteiger partial charge in [0.2, 0.25) is 5.76 Å². The van der Waals surface area contributed by atoms with Crippen molar-refractivity contribution in [2.24, 2.45) is 0 Å². The van der Waals surface area contributed by atoms with Crippen LogP contribution in [0.2, 0.25) is 0 Å². The van der Waals surface area contributed by atoms with Gasteiger partial charge in [0.1, 0.15) is 5.01 Å². The summed E-state index contributed by atoms with van der Waals surface area (Å²) in [6, 6.07) is 3.00. The van der Waals surface area contributed by atoms with E-state index in [0.717, 1.165) is 5.01 Å². The largest absolute Gasteiger partial charge is 0.475 e. The molecule has 0 radical (unpaired) electrons. The molecule has 2 aromatic rings. The van der Waals surface area contributed by atoms with Gasteiger partial charge < -0.3 is 14.8 Å². The van der Waals surface area contributed by atoms with E-state index >= 15 is 0 Å². The fourth-order valence-corrected chi connectivity index (χ4v) is 1.90. The minimum Gasteiger partial charge on any atom is -0.475 e. The number of nitrogens with one attached hydrogen (secondary N) is 1. The number of hydrogen-bond donors (Lipinski definition) is 2. The average molecular weight is 238 g/mol. The van der Waals surface area contributed by atoms with E-state index in [2.05, 4.69) is 10.3 Å². The zero-order valence-corrected chi connectivity index (χ0v) is 9.32. The van der Waals surface area contributed by atoms with Gasteiger partial charge in [0.15, 0.2) is 5.88 Å². The second-order valence-corrected chi connectivity index (χ2v) is 4.13. The summed E-state index contributed by atoms with van der Waals surface area (Å²) < 4.78 is 5.08. The van der Waals surface area contributed by atoms with Crippen LogP contribution in [0.15, 0.2) is 28.1 Å². The van der Waals surface area contributed by atoms with Crippen molar-refractivity contribution in [1.82, 2.24) is 4.98 Å². The maximum absolute atomic E-state index is 10.6. The summed E-state index contributed by atoms with van der Waals surface area (Å²) in [6.45, 7) is 1.93. The second-order valence-electron chi connectivity index (χ2n) is 3.21. The minimum atomic E-state index is -1.07. The molecule has 1 atom stereocenters. The molecule has 0 fully saturated rings. The van der Waals surface area contributed by atoms with E-state index in [1.807, 2.05) is 12.3 Å². The smallest absolute Gasteiger partial charge is 0.371 e. The van der Waals surface area contributed by atoms with Crippen molar-refractivity contribution in [3.8, 4) is 0 Å². The molecule has 0 saturated carbocycles. The standard InChI is InChI=1S/C10H10N2O3S/c1-6(9-11-4-5-16-9)12-8-3-2-7(15-8)10(13)14/h2-6,12H,1H3,(H,13,14). The highest BCUT2D eigenvalue weighted by molar-refractivity contribution is 7.09. The lowest BCUT2D eigenvalue weighted by Gasteiger charge is -2.09. The Morgan fingerprint density at radius 2 is 2.44 bits per heavy atom. The van der Waals surface area contributed by atoms with Gasteiger partial charge in [0, 0.05) is 17.6 Å². The second kappa shape index (κ2) is 4.36. The first-order valence-electron chi connectivity index (χ1n) is 4.66. The molecule has 0 aliphatic heterocycles. The van der Waals surface area contributed by atoms with Gasteiger partial charge in [0.25, 0.3) is 0 Å². The molecular weight excluding hydrogens is 228 g/mol. The predicted molar refractivity (Wildman–Crippen MR) is 59.8 cm³/mol. The summed E-state index contributed by atoms with van der Waals surface area (Å²) in [7, 11) is 0. The molecule has 0 aliphatic rings. The zero-order valence-electron chi connectivity index (χ0n) is 8.51. The fourth-order valence-electron chi connectivity index (χ4n) is 1.25. The molecule has 0 amide bonds. The lowest BCUT2D eigenvalue weighted by molar-refractivity contribution is 0.0663. The predicted octanol–water partition coefficient (Wildman–Crippen LogP) is 2.61. The van der Waals surface area contributed by atoms with E-state index in [4.69, 9.17) is 9.52 Å². The van der Waals surface area contributed by atoms with Gasteiger partial charge in [-0.25, -0.2) is 9.78 Å². The van der Waals surface area contributed by atoms with Gasteiger partial charge in [0.05, 0.1) is 6.04 Å². The highest BCUT2D eigenvalue weighted by Crippen LogP contribution is 2.22. The van der Waals surface area contributed by atoms with E-state index < -0.39 is 5.97 Å². The number of rotatable bonds is 4. The first kappa shape index (κ1) is 10.7. The van der Waals surface area contributed by atoms with Gasteiger partial charge in [-0.2, -0.15) is 0 Å². The fraction of sp³-hybridized carbons (Fsp3) is 0.200. The maximum Gasteiger partial charge on any atom is 0.371 e. The SMILES string of the molecule is CC(Nc1ccc(C(=O)O)o1)c1nccs1. The zero-order chi connectivity index (χ0) is 11.5.